The van der Waals surface area contributed by atoms with Gasteiger partial charge in [-0.15, -0.1) is 0 Å². The summed E-state index contributed by atoms with van der Waals surface area (Å²) in [6.07, 6.45) is 3.82. The third-order valence-electron chi connectivity index (χ3n) is 4.18. The summed E-state index contributed by atoms with van der Waals surface area (Å²) in [5, 5.41) is 2.32. The first-order chi connectivity index (χ1) is 9.38. The van der Waals surface area contributed by atoms with Gasteiger partial charge in [0, 0.05) is 7.11 Å². The Labute approximate surface area is 118 Å². The second-order valence-corrected chi connectivity index (χ2v) is 6.24. The van der Waals surface area contributed by atoms with Crippen molar-refractivity contribution in [3.8, 4) is 0 Å². The third kappa shape index (κ3) is 2.57. The number of methoxy groups -OCH3 is 1. The zero-order valence-corrected chi connectivity index (χ0v) is 12.3. The Morgan fingerprint density at radius 3 is 2.40 bits per heavy atom. The van der Waals surface area contributed by atoms with Gasteiger partial charge in [-0.25, -0.2) is 4.79 Å². The van der Waals surface area contributed by atoms with Gasteiger partial charge in [-0.05, 0) is 32.6 Å². The van der Waals surface area contributed by atoms with Crippen molar-refractivity contribution >= 4 is 17.8 Å². The zero-order chi connectivity index (χ0) is 14.9. The van der Waals surface area contributed by atoms with E-state index < -0.39 is 23.4 Å². The largest absolute Gasteiger partial charge is 0.382 e. The molecule has 1 aliphatic carbocycles. The molecule has 1 N–H and O–H groups in total. The Hall–Kier alpha value is -1.43. The molecular formula is C14H22N2O4. The van der Waals surface area contributed by atoms with Crippen molar-refractivity contribution < 1.29 is 19.1 Å². The van der Waals surface area contributed by atoms with E-state index in [1.165, 1.54) is 7.11 Å². The maximum atomic E-state index is 12.6. The molecule has 0 aromatic heterocycles. The summed E-state index contributed by atoms with van der Waals surface area (Å²) >= 11 is 0. The number of carbonyl (C=O) groups excluding carboxylic acids is 3. The maximum absolute atomic E-state index is 12.6. The van der Waals surface area contributed by atoms with Crippen LogP contribution in [0.5, 0.6) is 0 Å². The van der Waals surface area contributed by atoms with Crippen LogP contribution in [0.3, 0.4) is 0 Å². The lowest BCUT2D eigenvalue weighted by Crippen LogP contribution is -2.66. The fourth-order valence-corrected chi connectivity index (χ4v) is 3.29. The summed E-state index contributed by atoms with van der Waals surface area (Å²) < 4.78 is 5.09. The van der Waals surface area contributed by atoms with Crippen molar-refractivity contribution in [3.63, 3.8) is 0 Å². The van der Waals surface area contributed by atoms with E-state index in [2.05, 4.69) is 5.32 Å². The van der Waals surface area contributed by atoms with E-state index in [4.69, 9.17) is 4.74 Å². The molecule has 112 valence electrons. The van der Waals surface area contributed by atoms with Crippen LogP contribution in [-0.4, -0.2) is 42.0 Å². The summed E-state index contributed by atoms with van der Waals surface area (Å²) in [5.41, 5.74) is -0.770. The molecule has 0 radical (unpaired) electrons. The molecule has 1 atom stereocenters. The van der Waals surface area contributed by atoms with Gasteiger partial charge in [-0.2, -0.15) is 0 Å². The number of imide groups is 2. The van der Waals surface area contributed by atoms with Crippen LogP contribution in [0.2, 0.25) is 0 Å². The van der Waals surface area contributed by atoms with Crippen LogP contribution in [0.4, 0.5) is 4.79 Å². The molecule has 0 aromatic carbocycles. The Balaban J connectivity index is 2.26. The number of rotatable bonds is 4. The summed E-state index contributed by atoms with van der Waals surface area (Å²) in [7, 11) is 1.52. The minimum absolute atomic E-state index is 0.0523. The molecule has 6 nitrogen and oxygen atoms in total. The molecule has 2 fully saturated rings. The highest BCUT2D eigenvalue weighted by atomic mass is 16.5. The van der Waals surface area contributed by atoms with Crippen molar-refractivity contribution in [2.75, 3.05) is 13.7 Å². The summed E-state index contributed by atoms with van der Waals surface area (Å²) in [6.45, 7) is 3.75. The second-order valence-electron chi connectivity index (χ2n) is 6.24. The number of nitrogens with one attached hydrogen (secondary N) is 1. The van der Waals surface area contributed by atoms with Crippen molar-refractivity contribution in [2.24, 2.45) is 11.8 Å². The van der Waals surface area contributed by atoms with Gasteiger partial charge in [-0.1, -0.05) is 12.8 Å². The fraction of sp³-hybridized carbons (Fsp3) is 0.786. The molecule has 0 bridgehead atoms. The van der Waals surface area contributed by atoms with E-state index in [0.717, 1.165) is 30.6 Å². The van der Waals surface area contributed by atoms with Crippen LogP contribution < -0.4 is 5.32 Å². The molecule has 0 spiro atoms. The lowest BCUT2D eigenvalue weighted by atomic mass is 9.86. The number of barbiturate groups is 1. The average molecular weight is 282 g/mol. The van der Waals surface area contributed by atoms with Crippen LogP contribution in [0.15, 0.2) is 0 Å². The Bertz CT molecular complexity index is 427. The Morgan fingerprint density at radius 2 is 1.85 bits per heavy atom. The summed E-state index contributed by atoms with van der Waals surface area (Å²) in [4.78, 5) is 37.8. The van der Waals surface area contributed by atoms with Gasteiger partial charge in [0.2, 0.25) is 11.8 Å². The van der Waals surface area contributed by atoms with Gasteiger partial charge in [0.1, 0.15) is 5.92 Å². The second kappa shape index (κ2) is 5.52. The lowest BCUT2D eigenvalue weighted by molar-refractivity contribution is -0.149. The highest BCUT2D eigenvalue weighted by molar-refractivity contribution is 6.16. The lowest BCUT2D eigenvalue weighted by Gasteiger charge is -2.41. The first-order valence-electron chi connectivity index (χ1n) is 7.06. The van der Waals surface area contributed by atoms with Crippen LogP contribution in [0, 0.1) is 11.8 Å². The highest BCUT2D eigenvalue weighted by Gasteiger charge is 2.49. The molecule has 2 aliphatic rings. The minimum Gasteiger partial charge on any atom is -0.382 e. The molecule has 1 saturated heterocycles. The first kappa shape index (κ1) is 15.0. The van der Waals surface area contributed by atoms with E-state index in [0.29, 0.717) is 0 Å². The molecule has 4 amide bonds. The molecule has 1 saturated carbocycles. The number of hydrogen-bond donors (Lipinski definition) is 1. The zero-order valence-electron chi connectivity index (χ0n) is 12.3. The van der Waals surface area contributed by atoms with Crippen molar-refractivity contribution in [3.05, 3.63) is 0 Å². The van der Waals surface area contributed by atoms with Crippen molar-refractivity contribution in [1.29, 1.82) is 0 Å². The topological polar surface area (TPSA) is 75.7 Å². The van der Waals surface area contributed by atoms with Crippen LogP contribution in [-0.2, 0) is 14.3 Å². The molecule has 6 heteroatoms. The van der Waals surface area contributed by atoms with Crippen molar-refractivity contribution in [2.45, 2.75) is 45.1 Å². The fourth-order valence-electron chi connectivity index (χ4n) is 3.29. The third-order valence-corrected chi connectivity index (χ3v) is 4.18. The van der Waals surface area contributed by atoms with Gasteiger partial charge >= 0.3 is 6.03 Å². The standard InChI is InChI=1S/C14H22N2O4/c1-14(2,8-20-3)16-12(18)10(9-6-4-5-7-9)11(17)15-13(16)19/h9-10H,4-8H2,1-3H3,(H,15,17,19). The monoisotopic (exact) mass is 282 g/mol. The van der Waals surface area contributed by atoms with Crippen molar-refractivity contribution in [1.82, 2.24) is 10.2 Å². The number of amides is 4. The highest BCUT2D eigenvalue weighted by Crippen LogP contribution is 2.35. The van der Waals surface area contributed by atoms with Crippen LogP contribution in [0.25, 0.3) is 0 Å². The van der Waals surface area contributed by atoms with Crippen LogP contribution >= 0.6 is 0 Å². The minimum atomic E-state index is -0.770. The first-order valence-corrected chi connectivity index (χ1v) is 7.06. The SMILES string of the molecule is COCC(C)(C)N1C(=O)NC(=O)C(C2CCCC2)C1=O. The summed E-state index contributed by atoms with van der Waals surface area (Å²) in [5.74, 6) is -1.51. The number of nitrogens with zero attached hydrogens (tertiary/aromatic N) is 1. The van der Waals surface area contributed by atoms with E-state index in [1.807, 2.05) is 0 Å². The number of hydrogen-bond acceptors (Lipinski definition) is 4. The smallest absolute Gasteiger partial charge is 0.331 e. The molecule has 2 rings (SSSR count). The number of carbonyl (C=O) groups is 3. The van der Waals surface area contributed by atoms with E-state index >= 15 is 0 Å². The summed E-state index contributed by atoms with van der Waals surface area (Å²) in [6, 6.07) is -0.642. The van der Waals surface area contributed by atoms with E-state index in [-0.39, 0.29) is 18.4 Å². The maximum Gasteiger partial charge on any atom is 0.331 e. The Kier molecular flexibility index (Phi) is 4.13. The van der Waals surface area contributed by atoms with Gasteiger partial charge in [-0.3, -0.25) is 19.8 Å². The normalized spacial score (nSPS) is 25.2. The molecule has 1 heterocycles. The molecule has 1 unspecified atom stereocenters. The molecule has 20 heavy (non-hydrogen) atoms. The quantitative estimate of drug-likeness (QED) is 0.788. The molecule has 1 aliphatic heterocycles. The van der Waals surface area contributed by atoms with Gasteiger partial charge in [0.25, 0.3) is 0 Å². The van der Waals surface area contributed by atoms with Gasteiger partial charge < -0.3 is 4.74 Å². The average Bonchev–Trinajstić information content (AvgIpc) is 2.80. The number of ether oxygens (including phenoxy) is 1. The predicted molar refractivity (Wildman–Crippen MR) is 71.8 cm³/mol. The predicted octanol–water partition coefficient (Wildman–Crippen LogP) is 1.30. The van der Waals surface area contributed by atoms with E-state index in [1.54, 1.807) is 13.8 Å². The van der Waals surface area contributed by atoms with E-state index in [9.17, 15) is 14.4 Å². The van der Waals surface area contributed by atoms with Gasteiger partial charge in [0.05, 0.1) is 12.1 Å². The molecule has 0 aromatic rings. The number of urea groups is 1. The van der Waals surface area contributed by atoms with Crippen LogP contribution in [0.1, 0.15) is 39.5 Å². The Morgan fingerprint density at radius 1 is 1.25 bits per heavy atom. The molecular weight excluding hydrogens is 260 g/mol. The van der Waals surface area contributed by atoms with Gasteiger partial charge in [0.15, 0.2) is 0 Å².